The van der Waals surface area contributed by atoms with Gasteiger partial charge in [0.05, 0.1) is 6.20 Å². The van der Waals surface area contributed by atoms with Crippen LogP contribution in [0, 0.1) is 0 Å². The first-order chi connectivity index (χ1) is 6.94. The average Bonchev–Trinajstić information content (AvgIpc) is 2.71. The Morgan fingerprint density at radius 3 is 2.73 bits per heavy atom. The zero-order valence-corrected chi connectivity index (χ0v) is 9.71. The van der Waals surface area contributed by atoms with E-state index >= 15 is 0 Å². The van der Waals surface area contributed by atoms with Crippen LogP contribution < -0.4 is 0 Å². The van der Waals surface area contributed by atoms with Gasteiger partial charge in [0, 0.05) is 18.3 Å². The predicted octanol–water partition coefficient (Wildman–Crippen LogP) is 0.973. The predicted molar refractivity (Wildman–Crippen MR) is 55.8 cm³/mol. The highest BCUT2D eigenvalue weighted by Crippen LogP contribution is 2.33. The molecule has 0 spiro atoms. The van der Waals surface area contributed by atoms with Crippen molar-refractivity contribution in [3.05, 3.63) is 12.4 Å². The Morgan fingerprint density at radius 2 is 2.27 bits per heavy atom. The second kappa shape index (κ2) is 3.31. The number of aromatic amines is 1. The van der Waals surface area contributed by atoms with E-state index in [1.165, 1.54) is 12.4 Å². The Bertz CT molecular complexity index is 436. The largest absolute Gasteiger partial charge is 0.284 e. The van der Waals surface area contributed by atoms with E-state index in [-0.39, 0.29) is 10.4 Å². The number of nitrogens with zero attached hydrogens (tertiary/aromatic N) is 2. The third kappa shape index (κ3) is 1.68. The minimum absolute atomic E-state index is 0.248. The standard InChI is InChI=1S/C9H15N3O2S/c1-9(2)4-3-5-12(9)15(13,14)8-6-10-11-7-8/h6-7H,3-5H2,1-2H3,(H,10,11). The SMILES string of the molecule is CC1(C)CCCN1S(=O)(=O)c1cn[nH]c1. The first-order valence-electron chi connectivity index (χ1n) is 4.96. The zero-order valence-electron chi connectivity index (χ0n) is 8.90. The molecular weight excluding hydrogens is 214 g/mol. The molecule has 0 bridgehead atoms. The summed E-state index contributed by atoms with van der Waals surface area (Å²) in [6.07, 6.45) is 4.60. The Labute approximate surface area is 89.5 Å². The van der Waals surface area contributed by atoms with Crippen LogP contribution >= 0.6 is 0 Å². The molecule has 6 heteroatoms. The Balaban J connectivity index is 2.39. The monoisotopic (exact) mass is 229 g/mol. The molecule has 0 atom stereocenters. The first kappa shape index (κ1) is 10.6. The summed E-state index contributed by atoms with van der Waals surface area (Å²) in [5.74, 6) is 0. The number of H-pyrrole nitrogens is 1. The van der Waals surface area contributed by atoms with E-state index < -0.39 is 10.0 Å². The molecule has 1 aliphatic heterocycles. The van der Waals surface area contributed by atoms with Crippen molar-refractivity contribution >= 4 is 10.0 Å². The molecule has 1 aromatic heterocycles. The van der Waals surface area contributed by atoms with Crippen molar-refractivity contribution in [1.29, 1.82) is 0 Å². The van der Waals surface area contributed by atoms with Gasteiger partial charge in [-0.25, -0.2) is 8.42 Å². The van der Waals surface area contributed by atoms with Crippen LogP contribution in [0.3, 0.4) is 0 Å². The van der Waals surface area contributed by atoms with Crippen molar-refractivity contribution in [3.8, 4) is 0 Å². The summed E-state index contributed by atoms with van der Waals surface area (Å²) < 4.78 is 25.9. The number of aromatic nitrogens is 2. The normalized spacial score (nSPS) is 22.0. The molecule has 15 heavy (non-hydrogen) atoms. The van der Waals surface area contributed by atoms with Crippen molar-refractivity contribution in [2.45, 2.75) is 37.1 Å². The third-order valence-electron chi connectivity index (χ3n) is 2.89. The van der Waals surface area contributed by atoms with Crippen molar-refractivity contribution in [1.82, 2.24) is 14.5 Å². The Hall–Kier alpha value is -0.880. The topological polar surface area (TPSA) is 66.1 Å². The van der Waals surface area contributed by atoms with Crippen LogP contribution in [0.1, 0.15) is 26.7 Å². The molecule has 0 aromatic carbocycles. The molecule has 2 heterocycles. The molecule has 5 nitrogen and oxygen atoms in total. The fraction of sp³-hybridized carbons (Fsp3) is 0.667. The molecule has 1 fully saturated rings. The molecule has 2 rings (SSSR count). The number of hydrogen-bond donors (Lipinski definition) is 1. The van der Waals surface area contributed by atoms with Gasteiger partial charge in [-0.15, -0.1) is 0 Å². The maximum Gasteiger partial charge on any atom is 0.246 e. The van der Waals surface area contributed by atoms with E-state index in [2.05, 4.69) is 10.2 Å². The summed E-state index contributed by atoms with van der Waals surface area (Å²) in [5, 5.41) is 6.21. The number of rotatable bonds is 2. The van der Waals surface area contributed by atoms with Gasteiger partial charge in [-0.05, 0) is 26.7 Å². The zero-order chi connectivity index (χ0) is 11.1. The molecule has 0 aliphatic carbocycles. The van der Waals surface area contributed by atoms with Crippen molar-refractivity contribution in [3.63, 3.8) is 0 Å². The van der Waals surface area contributed by atoms with Gasteiger partial charge in [0.25, 0.3) is 0 Å². The van der Waals surface area contributed by atoms with Crippen molar-refractivity contribution in [2.75, 3.05) is 6.54 Å². The lowest BCUT2D eigenvalue weighted by atomic mass is 10.0. The summed E-state index contributed by atoms with van der Waals surface area (Å²) in [4.78, 5) is 0.248. The molecule has 0 amide bonds. The average molecular weight is 229 g/mol. The van der Waals surface area contributed by atoms with Crippen LogP contribution in [0.5, 0.6) is 0 Å². The lowest BCUT2D eigenvalue weighted by molar-refractivity contribution is 0.292. The van der Waals surface area contributed by atoms with Crippen molar-refractivity contribution in [2.24, 2.45) is 0 Å². The number of hydrogen-bond acceptors (Lipinski definition) is 3. The highest BCUT2D eigenvalue weighted by molar-refractivity contribution is 7.89. The van der Waals surface area contributed by atoms with Gasteiger partial charge in [0.15, 0.2) is 0 Å². The molecule has 0 unspecified atom stereocenters. The third-order valence-corrected chi connectivity index (χ3v) is 4.96. The number of sulfonamides is 1. The summed E-state index contributed by atoms with van der Waals surface area (Å²) >= 11 is 0. The van der Waals surface area contributed by atoms with E-state index in [9.17, 15) is 8.42 Å². The lowest BCUT2D eigenvalue weighted by Crippen LogP contribution is -2.42. The smallest absolute Gasteiger partial charge is 0.246 e. The second-order valence-electron chi connectivity index (χ2n) is 4.43. The maximum absolute atomic E-state index is 12.2. The lowest BCUT2D eigenvalue weighted by Gasteiger charge is -2.29. The molecule has 0 radical (unpaired) electrons. The van der Waals surface area contributed by atoms with Gasteiger partial charge in [-0.2, -0.15) is 9.40 Å². The van der Waals surface area contributed by atoms with Crippen LogP contribution in [0.4, 0.5) is 0 Å². The van der Waals surface area contributed by atoms with Crippen LogP contribution in [0.15, 0.2) is 17.3 Å². The van der Waals surface area contributed by atoms with E-state index in [4.69, 9.17) is 0 Å². The first-order valence-corrected chi connectivity index (χ1v) is 6.40. The minimum atomic E-state index is -3.36. The van der Waals surface area contributed by atoms with Crippen LogP contribution in [0.25, 0.3) is 0 Å². The van der Waals surface area contributed by atoms with Crippen molar-refractivity contribution < 1.29 is 8.42 Å². The van der Waals surface area contributed by atoms with Gasteiger partial charge < -0.3 is 0 Å². The summed E-state index contributed by atoms with van der Waals surface area (Å²) in [6, 6.07) is 0. The number of nitrogens with one attached hydrogen (secondary N) is 1. The molecule has 1 saturated heterocycles. The fourth-order valence-corrected chi connectivity index (χ4v) is 3.79. The highest BCUT2D eigenvalue weighted by Gasteiger charge is 2.41. The second-order valence-corrected chi connectivity index (χ2v) is 6.29. The van der Waals surface area contributed by atoms with E-state index in [1.807, 2.05) is 13.8 Å². The molecule has 1 aromatic rings. The quantitative estimate of drug-likeness (QED) is 0.821. The van der Waals surface area contributed by atoms with E-state index in [0.717, 1.165) is 12.8 Å². The minimum Gasteiger partial charge on any atom is -0.284 e. The van der Waals surface area contributed by atoms with Gasteiger partial charge in [0.2, 0.25) is 10.0 Å². The fourth-order valence-electron chi connectivity index (χ4n) is 2.04. The Kier molecular flexibility index (Phi) is 2.35. The van der Waals surface area contributed by atoms with Gasteiger partial charge in [0.1, 0.15) is 4.90 Å². The molecule has 0 saturated carbocycles. The highest BCUT2D eigenvalue weighted by atomic mass is 32.2. The van der Waals surface area contributed by atoms with Gasteiger partial charge >= 0.3 is 0 Å². The van der Waals surface area contributed by atoms with E-state index in [0.29, 0.717) is 6.54 Å². The molecule has 84 valence electrons. The van der Waals surface area contributed by atoms with Crippen LogP contribution in [-0.2, 0) is 10.0 Å². The maximum atomic E-state index is 12.2. The summed E-state index contributed by atoms with van der Waals surface area (Å²) in [5.41, 5.74) is -0.282. The van der Waals surface area contributed by atoms with Crippen LogP contribution in [-0.4, -0.2) is 35.0 Å². The molecular formula is C9H15N3O2S. The summed E-state index contributed by atoms with van der Waals surface area (Å²) in [6.45, 7) is 4.51. The van der Waals surface area contributed by atoms with Gasteiger partial charge in [-0.3, -0.25) is 5.10 Å². The molecule has 1 aliphatic rings. The Morgan fingerprint density at radius 1 is 1.53 bits per heavy atom. The van der Waals surface area contributed by atoms with E-state index in [1.54, 1.807) is 4.31 Å². The molecule has 1 N–H and O–H groups in total. The summed E-state index contributed by atoms with van der Waals surface area (Å²) in [7, 11) is -3.36. The van der Waals surface area contributed by atoms with Crippen LogP contribution in [0.2, 0.25) is 0 Å². The van der Waals surface area contributed by atoms with Gasteiger partial charge in [-0.1, -0.05) is 0 Å².